The number of carbonyl (C=O) groups is 1. The Labute approximate surface area is 255 Å². The molecule has 1 aliphatic heterocycles. The summed E-state index contributed by atoms with van der Waals surface area (Å²) in [7, 11) is -3.12. The molecule has 1 aromatic carbocycles. The lowest BCUT2D eigenvalue weighted by atomic mass is 10.0. The zero-order valence-electron chi connectivity index (χ0n) is 23.9. The van der Waals surface area contributed by atoms with Crippen molar-refractivity contribution >= 4 is 49.5 Å². The molecular weight excluding hydrogens is 623 g/mol. The molecule has 1 amide bonds. The fourth-order valence-corrected chi connectivity index (χ4v) is 6.81. The molecule has 0 bridgehead atoms. The first-order valence-electron chi connectivity index (χ1n) is 13.5. The highest BCUT2D eigenvalue weighted by atomic mass is 32.2. The molecule has 5 rings (SSSR count). The number of halogens is 3. The van der Waals surface area contributed by atoms with Gasteiger partial charge in [0, 0.05) is 35.6 Å². The van der Waals surface area contributed by atoms with Crippen molar-refractivity contribution in [1.29, 1.82) is 0 Å². The number of morpholine rings is 1. The normalized spacial score (nSPS) is 18.0. The topological polar surface area (TPSA) is 151 Å². The monoisotopic (exact) mass is 653 g/mol. The molecule has 1 saturated heterocycles. The highest BCUT2D eigenvalue weighted by molar-refractivity contribution is 7.92. The number of carbonyl (C=O) groups excluding carboxylic acids is 1. The first-order valence-corrected chi connectivity index (χ1v) is 16.0. The van der Waals surface area contributed by atoms with Gasteiger partial charge >= 0.3 is 6.18 Å². The lowest BCUT2D eigenvalue weighted by molar-refractivity contribution is -0.129. The van der Waals surface area contributed by atoms with Gasteiger partial charge in [0.05, 0.1) is 55.4 Å². The second-order valence-electron chi connectivity index (χ2n) is 10.5. The quantitative estimate of drug-likeness (QED) is 0.222. The van der Waals surface area contributed by atoms with Crippen LogP contribution < -0.4 is 14.8 Å². The van der Waals surface area contributed by atoms with Gasteiger partial charge in [0.1, 0.15) is 16.4 Å². The van der Waals surface area contributed by atoms with Crippen molar-refractivity contribution in [2.24, 2.45) is 0 Å². The minimum Gasteiger partial charge on any atom is -0.480 e. The first-order chi connectivity index (χ1) is 20.8. The first kappa shape index (κ1) is 31.6. The third kappa shape index (κ3) is 7.82. The van der Waals surface area contributed by atoms with Crippen LogP contribution in [-0.2, 0) is 21.3 Å². The summed E-state index contributed by atoms with van der Waals surface area (Å²) in [4.78, 5) is 24.2. The summed E-state index contributed by atoms with van der Waals surface area (Å²) in [6.45, 7) is 6.19. The summed E-state index contributed by atoms with van der Waals surface area (Å²) in [6.07, 6.45) is -2.97. The highest BCUT2D eigenvalue weighted by Crippen LogP contribution is 2.34. The number of rotatable bonds is 10. The summed E-state index contributed by atoms with van der Waals surface area (Å²) in [5.74, 6) is -1.72. The Morgan fingerprint density at radius 2 is 1.89 bits per heavy atom. The lowest BCUT2D eigenvalue weighted by Gasteiger charge is -2.34. The zero-order chi connectivity index (χ0) is 31.6. The maximum absolute atomic E-state index is 13.2. The van der Waals surface area contributed by atoms with Gasteiger partial charge in [0.15, 0.2) is 0 Å². The van der Waals surface area contributed by atoms with E-state index in [4.69, 9.17) is 9.47 Å². The van der Waals surface area contributed by atoms with Crippen molar-refractivity contribution in [2.45, 2.75) is 45.2 Å². The van der Waals surface area contributed by atoms with E-state index >= 15 is 0 Å². The molecule has 12 nitrogen and oxygen atoms in total. The predicted molar refractivity (Wildman–Crippen MR) is 159 cm³/mol. The molecule has 4 aromatic rings. The van der Waals surface area contributed by atoms with Crippen molar-refractivity contribution in [2.75, 3.05) is 36.0 Å². The van der Waals surface area contributed by atoms with Crippen LogP contribution in [0.4, 0.5) is 24.5 Å². The van der Waals surface area contributed by atoms with Crippen molar-refractivity contribution < 1.29 is 35.9 Å². The molecule has 1 unspecified atom stereocenters. The van der Waals surface area contributed by atoms with E-state index in [1.807, 2.05) is 13.8 Å². The van der Waals surface area contributed by atoms with Crippen LogP contribution in [0.1, 0.15) is 35.8 Å². The van der Waals surface area contributed by atoms with E-state index in [0.29, 0.717) is 34.3 Å². The molecular formula is C27H30F3N7O5S2. The zero-order valence-corrected chi connectivity index (χ0v) is 25.6. The van der Waals surface area contributed by atoms with Crippen molar-refractivity contribution in [3.8, 4) is 17.0 Å². The number of hydrogen-bond donors (Lipinski definition) is 3. The molecule has 4 heterocycles. The van der Waals surface area contributed by atoms with E-state index in [9.17, 15) is 26.4 Å². The number of sulfonamides is 1. The third-order valence-electron chi connectivity index (χ3n) is 6.74. The average Bonchev–Trinajstić information content (AvgIpc) is 3.61. The molecule has 1 fully saturated rings. The fraction of sp³-hybridized carbons (Fsp3) is 0.407. The largest absolute Gasteiger partial charge is 0.480 e. The van der Waals surface area contributed by atoms with E-state index in [1.165, 1.54) is 30.7 Å². The second kappa shape index (κ2) is 12.7. The highest BCUT2D eigenvalue weighted by Gasteiger charge is 2.30. The Morgan fingerprint density at radius 3 is 2.59 bits per heavy atom. The Kier molecular flexibility index (Phi) is 9.10. The maximum atomic E-state index is 13.2. The number of hydrogen-bond acceptors (Lipinski definition) is 10. The number of pyridine rings is 1. The molecule has 0 aliphatic carbocycles. The molecule has 0 saturated carbocycles. The third-order valence-corrected chi connectivity index (χ3v) is 8.85. The van der Waals surface area contributed by atoms with Gasteiger partial charge in [0.2, 0.25) is 15.9 Å². The molecule has 2 atom stereocenters. The van der Waals surface area contributed by atoms with Gasteiger partial charge in [-0.3, -0.25) is 19.5 Å². The van der Waals surface area contributed by atoms with Gasteiger partial charge in [-0.2, -0.15) is 18.3 Å². The summed E-state index contributed by atoms with van der Waals surface area (Å²) < 4.78 is 75.7. The number of aromatic nitrogens is 4. The SMILES string of the molecule is COc1ncc(-c2cc(NC(=O)c3csc(CN4CC(C)O[C@@H](C)C4)n3)c3cn[nH]c3c2)cc1NS(=O)(=O)CCC(F)(F)F. The molecule has 236 valence electrons. The number of ether oxygens (including phenoxy) is 2. The van der Waals surface area contributed by atoms with Crippen LogP contribution in [0, 0.1) is 0 Å². The Hall–Kier alpha value is -3.80. The number of aromatic amines is 1. The maximum Gasteiger partial charge on any atom is 0.390 e. The van der Waals surface area contributed by atoms with Crippen LogP contribution in [0.25, 0.3) is 22.0 Å². The summed E-state index contributed by atoms with van der Waals surface area (Å²) in [5, 5.41) is 12.9. The minimum atomic E-state index is -4.64. The van der Waals surface area contributed by atoms with Crippen molar-refractivity contribution in [3.05, 3.63) is 46.7 Å². The average molecular weight is 654 g/mol. The lowest BCUT2D eigenvalue weighted by Crippen LogP contribution is -2.44. The standard InChI is InChI=1S/C27H30F3N7O5S2/c1-15-11-37(12-16(2)42-15)13-24-33-23(14-43-24)25(38)34-20-6-17(7-21-19(20)10-32-35-21)18-8-22(26(41-3)31-9-18)36-44(39,40)5-4-27(28,29)30/h6-10,14-16,36H,4-5,11-13H2,1-3H3,(H,32,35)(H,34,38)/t15-,16?/m0/s1. The van der Waals surface area contributed by atoms with E-state index < -0.39 is 34.3 Å². The molecule has 17 heteroatoms. The summed E-state index contributed by atoms with van der Waals surface area (Å²) >= 11 is 1.39. The number of amides is 1. The number of benzene rings is 1. The molecule has 3 aromatic heterocycles. The molecule has 1 aliphatic rings. The number of anilines is 2. The number of nitrogens with one attached hydrogen (secondary N) is 3. The van der Waals surface area contributed by atoms with Gasteiger partial charge in [-0.1, -0.05) is 0 Å². The Morgan fingerprint density at radius 1 is 1.16 bits per heavy atom. The van der Waals surface area contributed by atoms with Gasteiger partial charge in [0.25, 0.3) is 5.91 Å². The van der Waals surface area contributed by atoms with Gasteiger partial charge in [-0.05, 0) is 37.6 Å². The number of H-pyrrole nitrogens is 1. The summed E-state index contributed by atoms with van der Waals surface area (Å²) in [5.41, 5.74) is 2.00. The number of methoxy groups -OCH3 is 1. The van der Waals surface area contributed by atoms with Crippen molar-refractivity contribution in [3.63, 3.8) is 0 Å². The van der Waals surface area contributed by atoms with E-state index in [1.54, 1.807) is 23.7 Å². The fourth-order valence-electron chi connectivity index (χ4n) is 4.91. The van der Waals surface area contributed by atoms with Crippen LogP contribution >= 0.6 is 11.3 Å². The van der Waals surface area contributed by atoms with Crippen molar-refractivity contribution in [1.82, 2.24) is 25.1 Å². The van der Waals surface area contributed by atoms with E-state index in [2.05, 4.69) is 35.1 Å². The van der Waals surface area contributed by atoms with Crippen LogP contribution in [0.3, 0.4) is 0 Å². The van der Waals surface area contributed by atoms with Gasteiger partial charge in [-0.15, -0.1) is 11.3 Å². The molecule has 0 spiro atoms. The van der Waals surface area contributed by atoms with Crippen LogP contribution in [0.15, 0.2) is 36.0 Å². The van der Waals surface area contributed by atoms with Crippen LogP contribution in [0.2, 0.25) is 0 Å². The van der Waals surface area contributed by atoms with Gasteiger partial charge in [-0.25, -0.2) is 18.4 Å². The molecule has 3 N–H and O–H groups in total. The predicted octanol–water partition coefficient (Wildman–Crippen LogP) is 4.65. The minimum absolute atomic E-state index is 0.109. The van der Waals surface area contributed by atoms with E-state index in [0.717, 1.165) is 18.1 Å². The Bertz CT molecular complexity index is 1750. The Balaban J connectivity index is 1.37. The van der Waals surface area contributed by atoms with Crippen LogP contribution in [-0.4, -0.2) is 83.7 Å². The van der Waals surface area contributed by atoms with E-state index in [-0.39, 0.29) is 29.5 Å². The second-order valence-corrected chi connectivity index (χ2v) is 13.2. The van der Waals surface area contributed by atoms with Crippen LogP contribution in [0.5, 0.6) is 5.88 Å². The smallest absolute Gasteiger partial charge is 0.390 e. The molecule has 0 radical (unpaired) electrons. The number of nitrogens with zero attached hydrogens (tertiary/aromatic N) is 4. The summed E-state index contributed by atoms with van der Waals surface area (Å²) in [6, 6.07) is 4.76. The number of thiazole rings is 1. The van der Waals surface area contributed by atoms with Gasteiger partial charge < -0.3 is 14.8 Å². The molecule has 44 heavy (non-hydrogen) atoms. The number of fused-ring (bicyclic) bond motifs is 1. The number of alkyl halides is 3.